The zero-order valence-electron chi connectivity index (χ0n) is 19.7. The van der Waals surface area contributed by atoms with Gasteiger partial charge in [0.15, 0.2) is 0 Å². The summed E-state index contributed by atoms with van der Waals surface area (Å²) in [4.78, 5) is 27.8. The van der Waals surface area contributed by atoms with E-state index < -0.39 is 16.1 Å². The van der Waals surface area contributed by atoms with Crippen molar-refractivity contribution in [1.82, 2.24) is 14.5 Å². The second-order valence-electron chi connectivity index (χ2n) is 7.97. The van der Waals surface area contributed by atoms with Crippen molar-refractivity contribution in [3.63, 3.8) is 0 Å². The van der Waals surface area contributed by atoms with Gasteiger partial charge in [-0.25, -0.2) is 12.7 Å². The Bertz CT molecular complexity index is 981. The Balaban J connectivity index is 2.08. The summed E-state index contributed by atoms with van der Waals surface area (Å²) in [5, 5.41) is 2.90. The molecule has 8 heteroatoms. The molecule has 0 aliphatic rings. The Kier molecular flexibility index (Phi) is 10.5. The summed E-state index contributed by atoms with van der Waals surface area (Å²) in [6.45, 7) is 4.97. The van der Waals surface area contributed by atoms with Gasteiger partial charge >= 0.3 is 0 Å². The Labute approximate surface area is 197 Å². The molecule has 2 amide bonds. The minimum Gasteiger partial charge on any atom is -0.354 e. The third kappa shape index (κ3) is 7.68. The number of hydrogen-bond acceptors (Lipinski definition) is 4. The van der Waals surface area contributed by atoms with Crippen LogP contribution in [0.4, 0.5) is 0 Å². The number of hydrogen-bond donors (Lipinski definition) is 1. The van der Waals surface area contributed by atoms with Crippen molar-refractivity contribution in [3.8, 4) is 0 Å². The van der Waals surface area contributed by atoms with Crippen molar-refractivity contribution < 1.29 is 18.0 Å². The first kappa shape index (κ1) is 26.5. The molecule has 33 heavy (non-hydrogen) atoms. The van der Waals surface area contributed by atoms with E-state index in [0.29, 0.717) is 25.9 Å². The molecule has 0 bridgehead atoms. The molecular weight excluding hydrogens is 438 g/mol. The van der Waals surface area contributed by atoms with Gasteiger partial charge < -0.3 is 10.2 Å². The number of carbonyl (C=O) groups is 2. The molecule has 0 aliphatic heterocycles. The second-order valence-corrected chi connectivity index (χ2v) is 10.0. The van der Waals surface area contributed by atoms with E-state index >= 15 is 0 Å². The average Bonchev–Trinajstić information content (AvgIpc) is 2.83. The standard InChI is InChI=1S/C25H35N3O4S/c1-4-18-26-25(30)23(5-2)28(20-21-13-8-6-9-14-21)24(29)17-12-19-27(3)33(31,32)22-15-10-7-11-16-22/h6-11,13-16,23H,4-5,12,17-20H2,1-3H3,(H,26,30)/t23-/m1/s1. The van der Waals surface area contributed by atoms with Crippen LogP contribution in [-0.2, 0) is 26.2 Å². The van der Waals surface area contributed by atoms with E-state index in [-0.39, 0.29) is 29.7 Å². The van der Waals surface area contributed by atoms with Crippen molar-refractivity contribution >= 4 is 21.8 Å². The van der Waals surface area contributed by atoms with Crippen LogP contribution < -0.4 is 5.32 Å². The second kappa shape index (κ2) is 13.1. The predicted octanol–water partition coefficient (Wildman–Crippen LogP) is 3.42. The monoisotopic (exact) mass is 473 g/mol. The van der Waals surface area contributed by atoms with Gasteiger partial charge in [0.05, 0.1) is 4.90 Å². The van der Waals surface area contributed by atoms with Crippen LogP contribution in [0.5, 0.6) is 0 Å². The third-order valence-corrected chi connectivity index (χ3v) is 7.32. The zero-order chi connectivity index (χ0) is 24.3. The van der Waals surface area contributed by atoms with Crippen LogP contribution in [0.15, 0.2) is 65.6 Å². The van der Waals surface area contributed by atoms with E-state index in [2.05, 4.69) is 5.32 Å². The van der Waals surface area contributed by atoms with Gasteiger partial charge in [-0.05, 0) is 37.0 Å². The largest absolute Gasteiger partial charge is 0.354 e. The summed E-state index contributed by atoms with van der Waals surface area (Å²) in [5.74, 6) is -0.324. The number of rotatable bonds is 13. The van der Waals surface area contributed by atoms with Crippen molar-refractivity contribution in [2.24, 2.45) is 0 Å². The lowest BCUT2D eigenvalue weighted by Crippen LogP contribution is -2.49. The maximum Gasteiger partial charge on any atom is 0.242 e. The fourth-order valence-corrected chi connectivity index (χ4v) is 4.79. The molecule has 0 heterocycles. The van der Waals surface area contributed by atoms with Gasteiger partial charge in [0.25, 0.3) is 0 Å². The number of carbonyl (C=O) groups excluding carboxylic acids is 2. The lowest BCUT2D eigenvalue weighted by Gasteiger charge is -2.31. The maximum atomic E-state index is 13.2. The fourth-order valence-electron chi connectivity index (χ4n) is 3.55. The van der Waals surface area contributed by atoms with Gasteiger partial charge in [-0.3, -0.25) is 9.59 Å². The molecule has 0 unspecified atom stereocenters. The summed E-state index contributed by atoms with van der Waals surface area (Å²) >= 11 is 0. The summed E-state index contributed by atoms with van der Waals surface area (Å²) in [5.41, 5.74) is 0.941. The summed E-state index contributed by atoms with van der Waals surface area (Å²) in [6.07, 6.45) is 1.83. The van der Waals surface area contributed by atoms with Crippen LogP contribution in [0.25, 0.3) is 0 Å². The molecule has 2 aromatic carbocycles. The normalized spacial score (nSPS) is 12.4. The Morgan fingerprint density at radius 1 is 0.970 bits per heavy atom. The quantitative estimate of drug-likeness (QED) is 0.483. The smallest absolute Gasteiger partial charge is 0.242 e. The van der Waals surface area contributed by atoms with Crippen LogP contribution in [0.3, 0.4) is 0 Å². The third-order valence-electron chi connectivity index (χ3n) is 5.45. The Morgan fingerprint density at radius 2 is 1.58 bits per heavy atom. The highest BCUT2D eigenvalue weighted by molar-refractivity contribution is 7.89. The van der Waals surface area contributed by atoms with Gasteiger partial charge in [0, 0.05) is 33.1 Å². The first-order valence-electron chi connectivity index (χ1n) is 11.4. The van der Waals surface area contributed by atoms with Crippen molar-refractivity contribution in [1.29, 1.82) is 0 Å². The predicted molar refractivity (Wildman–Crippen MR) is 130 cm³/mol. The molecule has 0 fully saturated rings. The van der Waals surface area contributed by atoms with Crippen molar-refractivity contribution in [2.45, 2.75) is 57.0 Å². The molecule has 0 spiro atoms. The van der Waals surface area contributed by atoms with Crippen LogP contribution >= 0.6 is 0 Å². The summed E-state index contributed by atoms with van der Waals surface area (Å²) in [7, 11) is -2.09. The molecule has 0 saturated carbocycles. The molecule has 7 nitrogen and oxygen atoms in total. The number of sulfonamides is 1. The van der Waals surface area contributed by atoms with E-state index in [1.807, 2.05) is 44.2 Å². The molecular formula is C25H35N3O4S. The molecule has 180 valence electrons. The number of nitrogens with one attached hydrogen (secondary N) is 1. The van der Waals surface area contributed by atoms with E-state index in [1.165, 1.54) is 11.4 Å². The molecule has 1 N–H and O–H groups in total. The minimum absolute atomic E-state index is 0.152. The van der Waals surface area contributed by atoms with Gasteiger partial charge in [0.2, 0.25) is 21.8 Å². The van der Waals surface area contributed by atoms with Crippen molar-refractivity contribution in [2.75, 3.05) is 20.1 Å². The van der Waals surface area contributed by atoms with Gasteiger partial charge in [-0.1, -0.05) is 62.4 Å². The van der Waals surface area contributed by atoms with Gasteiger partial charge in [0.1, 0.15) is 6.04 Å². The average molecular weight is 474 g/mol. The Morgan fingerprint density at radius 3 is 2.15 bits per heavy atom. The molecule has 0 aliphatic carbocycles. The summed E-state index contributed by atoms with van der Waals surface area (Å²) in [6, 6.07) is 17.2. The zero-order valence-corrected chi connectivity index (χ0v) is 20.6. The van der Waals surface area contributed by atoms with Crippen LogP contribution in [0.1, 0.15) is 45.1 Å². The Hall–Kier alpha value is -2.71. The van der Waals surface area contributed by atoms with Crippen molar-refractivity contribution in [3.05, 3.63) is 66.2 Å². The number of nitrogens with zero attached hydrogens (tertiary/aromatic N) is 2. The molecule has 2 rings (SSSR count). The van der Waals surface area contributed by atoms with E-state index in [4.69, 9.17) is 0 Å². The number of amides is 2. The maximum absolute atomic E-state index is 13.2. The van der Waals surface area contributed by atoms with Crippen LogP contribution in [0, 0.1) is 0 Å². The molecule has 0 saturated heterocycles. The lowest BCUT2D eigenvalue weighted by atomic mass is 10.1. The highest BCUT2D eigenvalue weighted by Gasteiger charge is 2.28. The van der Waals surface area contributed by atoms with E-state index in [9.17, 15) is 18.0 Å². The topological polar surface area (TPSA) is 86.8 Å². The van der Waals surface area contributed by atoms with Crippen LogP contribution in [-0.4, -0.2) is 55.6 Å². The molecule has 1 atom stereocenters. The molecule has 0 aromatic heterocycles. The number of benzene rings is 2. The van der Waals surface area contributed by atoms with Gasteiger partial charge in [-0.15, -0.1) is 0 Å². The fraction of sp³-hybridized carbons (Fsp3) is 0.440. The van der Waals surface area contributed by atoms with E-state index in [0.717, 1.165) is 12.0 Å². The van der Waals surface area contributed by atoms with Gasteiger partial charge in [-0.2, -0.15) is 0 Å². The first-order chi connectivity index (χ1) is 15.8. The van der Waals surface area contributed by atoms with Crippen LogP contribution in [0.2, 0.25) is 0 Å². The van der Waals surface area contributed by atoms with E-state index in [1.54, 1.807) is 35.2 Å². The first-order valence-corrected chi connectivity index (χ1v) is 12.9. The highest BCUT2D eigenvalue weighted by atomic mass is 32.2. The molecule has 2 aromatic rings. The lowest BCUT2D eigenvalue weighted by molar-refractivity contribution is -0.141. The molecule has 0 radical (unpaired) electrons. The summed E-state index contributed by atoms with van der Waals surface area (Å²) < 4.78 is 26.7. The highest BCUT2D eigenvalue weighted by Crippen LogP contribution is 2.17. The minimum atomic E-state index is -3.61. The SMILES string of the molecule is CCCNC(=O)[C@@H](CC)N(Cc1ccccc1)C(=O)CCCN(C)S(=O)(=O)c1ccccc1.